The average molecular weight is 301 g/mol. The van der Waals surface area contributed by atoms with Crippen LogP contribution < -0.4 is 10.6 Å². The first kappa shape index (κ1) is 14.2. The molecule has 2 N–H and O–H groups in total. The monoisotopic (exact) mass is 301 g/mol. The summed E-state index contributed by atoms with van der Waals surface area (Å²) in [4.78, 5) is 7.49. The number of aromatic nitrogens is 1. The smallest absolute Gasteiger partial charge is 0.139 e. The molecule has 2 aromatic rings. The lowest BCUT2D eigenvalue weighted by molar-refractivity contribution is 0.204. The standard InChI is InChI=1S/C16H19N3OS/c1-20-9-8-19(12-6-7-12)16-13(15(17)21)10-11-4-2-3-5-14(11)18-16/h2-5,10,12H,6-9H2,1H3,(H2,17,21). The Balaban J connectivity index is 2.09. The van der Waals surface area contributed by atoms with E-state index in [9.17, 15) is 0 Å². The molecule has 0 radical (unpaired) electrons. The van der Waals surface area contributed by atoms with Gasteiger partial charge in [-0.3, -0.25) is 0 Å². The van der Waals surface area contributed by atoms with Crippen LogP contribution in [0.1, 0.15) is 18.4 Å². The Morgan fingerprint density at radius 3 is 2.86 bits per heavy atom. The minimum Gasteiger partial charge on any atom is -0.389 e. The second-order valence-electron chi connectivity index (χ2n) is 5.33. The van der Waals surface area contributed by atoms with Crippen molar-refractivity contribution in [1.29, 1.82) is 0 Å². The number of hydrogen-bond donors (Lipinski definition) is 1. The molecule has 0 amide bonds. The number of rotatable bonds is 6. The molecule has 1 fully saturated rings. The zero-order chi connectivity index (χ0) is 14.8. The van der Waals surface area contributed by atoms with Crippen LogP contribution in [0, 0.1) is 0 Å². The number of fused-ring (bicyclic) bond motifs is 1. The lowest BCUT2D eigenvalue weighted by Crippen LogP contribution is -2.32. The largest absolute Gasteiger partial charge is 0.389 e. The van der Waals surface area contributed by atoms with Crippen molar-refractivity contribution in [2.24, 2.45) is 5.73 Å². The summed E-state index contributed by atoms with van der Waals surface area (Å²) in [6, 6.07) is 10.6. The van der Waals surface area contributed by atoms with Crippen LogP contribution in [-0.2, 0) is 4.74 Å². The Morgan fingerprint density at radius 2 is 2.19 bits per heavy atom. The first-order valence-electron chi connectivity index (χ1n) is 7.16. The van der Waals surface area contributed by atoms with Gasteiger partial charge in [0.2, 0.25) is 0 Å². The van der Waals surface area contributed by atoms with Crippen molar-refractivity contribution in [3.8, 4) is 0 Å². The van der Waals surface area contributed by atoms with Crippen LogP contribution >= 0.6 is 12.2 Å². The van der Waals surface area contributed by atoms with Crippen LogP contribution in [0.15, 0.2) is 30.3 Å². The SMILES string of the molecule is COCCN(c1nc2ccccc2cc1C(N)=S)C1CC1. The molecule has 1 aliphatic carbocycles. The van der Waals surface area contributed by atoms with Gasteiger partial charge >= 0.3 is 0 Å². The molecule has 1 aliphatic rings. The number of ether oxygens (including phenoxy) is 1. The summed E-state index contributed by atoms with van der Waals surface area (Å²) in [5, 5.41) is 1.06. The van der Waals surface area contributed by atoms with Crippen LogP contribution in [0.4, 0.5) is 5.82 Å². The van der Waals surface area contributed by atoms with Crippen LogP contribution in [0.3, 0.4) is 0 Å². The molecule has 1 saturated carbocycles. The zero-order valence-corrected chi connectivity index (χ0v) is 12.9. The molecule has 1 heterocycles. The first-order chi connectivity index (χ1) is 10.2. The number of anilines is 1. The maximum Gasteiger partial charge on any atom is 0.139 e. The van der Waals surface area contributed by atoms with Gasteiger partial charge in [0.25, 0.3) is 0 Å². The van der Waals surface area contributed by atoms with Gasteiger partial charge in [-0.2, -0.15) is 0 Å². The van der Waals surface area contributed by atoms with Crippen molar-refractivity contribution in [3.63, 3.8) is 0 Å². The highest BCUT2D eigenvalue weighted by Gasteiger charge is 2.31. The van der Waals surface area contributed by atoms with Crippen molar-refractivity contribution in [1.82, 2.24) is 4.98 Å². The van der Waals surface area contributed by atoms with Crippen molar-refractivity contribution in [2.45, 2.75) is 18.9 Å². The minimum absolute atomic E-state index is 0.395. The molecular formula is C16H19N3OS. The lowest BCUT2D eigenvalue weighted by Gasteiger charge is -2.25. The predicted octanol–water partition coefficient (Wildman–Crippen LogP) is 2.48. The Labute approximate surface area is 129 Å². The number of nitrogens with two attached hydrogens (primary N) is 1. The second-order valence-corrected chi connectivity index (χ2v) is 5.77. The van der Waals surface area contributed by atoms with Crippen LogP contribution in [0.25, 0.3) is 10.9 Å². The molecule has 0 atom stereocenters. The summed E-state index contributed by atoms with van der Waals surface area (Å²) in [5.74, 6) is 0.890. The van der Waals surface area contributed by atoms with E-state index >= 15 is 0 Å². The summed E-state index contributed by atoms with van der Waals surface area (Å²) >= 11 is 5.23. The maximum absolute atomic E-state index is 5.93. The minimum atomic E-state index is 0.395. The van der Waals surface area contributed by atoms with Gasteiger partial charge in [-0.05, 0) is 25.0 Å². The predicted molar refractivity (Wildman–Crippen MR) is 89.9 cm³/mol. The third kappa shape index (κ3) is 2.99. The molecule has 1 aromatic heterocycles. The van der Waals surface area contributed by atoms with Gasteiger partial charge in [0, 0.05) is 25.1 Å². The van der Waals surface area contributed by atoms with Crippen LogP contribution in [0.2, 0.25) is 0 Å². The molecule has 0 saturated heterocycles. The Bertz CT molecular complexity index is 670. The normalized spacial score (nSPS) is 14.3. The van der Waals surface area contributed by atoms with Gasteiger partial charge in [0.15, 0.2) is 0 Å². The Hall–Kier alpha value is -1.72. The van der Waals surface area contributed by atoms with E-state index in [4.69, 9.17) is 27.7 Å². The fourth-order valence-electron chi connectivity index (χ4n) is 2.54. The van der Waals surface area contributed by atoms with E-state index in [0.29, 0.717) is 17.6 Å². The van der Waals surface area contributed by atoms with Crippen molar-refractivity contribution >= 4 is 33.9 Å². The Kier molecular flexibility index (Phi) is 4.03. The molecule has 4 nitrogen and oxygen atoms in total. The quantitative estimate of drug-likeness (QED) is 0.831. The fraction of sp³-hybridized carbons (Fsp3) is 0.375. The highest BCUT2D eigenvalue weighted by molar-refractivity contribution is 7.80. The summed E-state index contributed by atoms with van der Waals surface area (Å²) in [6.45, 7) is 1.48. The number of nitrogens with zero attached hydrogens (tertiary/aromatic N) is 2. The number of methoxy groups -OCH3 is 1. The number of thiocarbonyl (C=S) groups is 1. The lowest BCUT2D eigenvalue weighted by atomic mass is 10.1. The third-order valence-corrected chi connectivity index (χ3v) is 3.99. The van der Waals surface area contributed by atoms with Crippen LogP contribution in [0.5, 0.6) is 0 Å². The highest BCUT2D eigenvalue weighted by atomic mass is 32.1. The van der Waals surface area contributed by atoms with E-state index in [1.165, 1.54) is 12.8 Å². The summed E-state index contributed by atoms with van der Waals surface area (Å²) in [5.41, 5.74) is 7.75. The molecule has 110 valence electrons. The molecule has 1 aromatic carbocycles. The van der Waals surface area contributed by atoms with E-state index in [-0.39, 0.29) is 0 Å². The Morgan fingerprint density at radius 1 is 1.43 bits per heavy atom. The number of benzene rings is 1. The average Bonchev–Trinajstić information content (AvgIpc) is 3.31. The van der Waals surface area contributed by atoms with E-state index in [0.717, 1.165) is 28.8 Å². The van der Waals surface area contributed by atoms with Gasteiger partial charge in [-0.25, -0.2) is 4.98 Å². The van der Waals surface area contributed by atoms with E-state index in [1.54, 1.807) is 7.11 Å². The summed E-state index contributed by atoms with van der Waals surface area (Å²) < 4.78 is 5.23. The third-order valence-electron chi connectivity index (χ3n) is 3.77. The van der Waals surface area contributed by atoms with E-state index in [1.807, 2.05) is 30.3 Å². The number of pyridine rings is 1. The summed E-state index contributed by atoms with van der Waals surface area (Å²) in [7, 11) is 1.72. The van der Waals surface area contributed by atoms with E-state index in [2.05, 4.69) is 4.90 Å². The first-order valence-corrected chi connectivity index (χ1v) is 7.56. The molecule has 21 heavy (non-hydrogen) atoms. The van der Waals surface area contributed by atoms with Gasteiger partial charge < -0.3 is 15.4 Å². The molecule has 3 rings (SSSR count). The van der Waals surface area contributed by atoms with Gasteiger partial charge in [-0.15, -0.1) is 0 Å². The molecule has 0 bridgehead atoms. The second kappa shape index (κ2) is 5.95. The maximum atomic E-state index is 5.93. The summed E-state index contributed by atoms with van der Waals surface area (Å²) in [6.07, 6.45) is 2.38. The highest BCUT2D eigenvalue weighted by Crippen LogP contribution is 2.33. The molecule has 0 spiro atoms. The molecule has 5 heteroatoms. The molecule has 0 unspecified atom stereocenters. The topological polar surface area (TPSA) is 51.4 Å². The van der Waals surface area contributed by atoms with Gasteiger partial charge in [-0.1, -0.05) is 30.4 Å². The van der Waals surface area contributed by atoms with Crippen molar-refractivity contribution in [2.75, 3.05) is 25.2 Å². The van der Waals surface area contributed by atoms with Crippen LogP contribution in [-0.4, -0.2) is 36.3 Å². The fourth-order valence-corrected chi connectivity index (χ4v) is 2.69. The number of hydrogen-bond acceptors (Lipinski definition) is 4. The van der Waals surface area contributed by atoms with Crippen molar-refractivity contribution in [3.05, 3.63) is 35.9 Å². The van der Waals surface area contributed by atoms with Gasteiger partial charge in [0.1, 0.15) is 10.8 Å². The number of para-hydroxylation sites is 1. The van der Waals surface area contributed by atoms with Crippen molar-refractivity contribution < 1.29 is 4.74 Å². The zero-order valence-electron chi connectivity index (χ0n) is 12.1. The van der Waals surface area contributed by atoms with E-state index < -0.39 is 0 Å². The van der Waals surface area contributed by atoms with Gasteiger partial charge in [0.05, 0.1) is 17.7 Å². The molecular weight excluding hydrogens is 282 g/mol. The molecule has 0 aliphatic heterocycles.